The highest BCUT2D eigenvalue weighted by Gasteiger charge is 2.32. The number of benzene rings is 1. The van der Waals surface area contributed by atoms with Gasteiger partial charge in [0.15, 0.2) is 5.78 Å². The first kappa shape index (κ1) is 15.7. The van der Waals surface area contributed by atoms with Gasteiger partial charge in [0.05, 0.1) is 10.8 Å². The summed E-state index contributed by atoms with van der Waals surface area (Å²) in [6, 6.07) is 5.33. The molecule has 7 heteroatoms. The van der Waals surface area contributed by atoms with Crippen molar-refractivity contribution < 1.29 is 23.1 Å². The SMILES string of the molecule is CC(=O)c1ccc(S(=O)(=O)NC2CCC(C(=O)O)C2)cc1. The Morgan fingerprint density at radius 2 is 1.81 bits per heavy atom. The number of carbonyl (C=O) groups excluding carboxylic acids is 1. The molecular weight excluding hydrogens is 294 g/mol. The van der Waals surface area contributed by atoms with Crippen LogP contribution in [-0.2, 0) is 14.8 Å². The largest absolute Gasteiger partial charge is 0.481 e. The second-order valence-corrected chi connectivity index (χ2v) is 6.96. The molecule has 0 heterocycles. The number of carboxylic acid groups (broad SMARTS) is 1. The lowest BCUT2D eigenvalue weighted by Gasteiger charge is -2.13. The van der Waals surface area contributed by atoms with Crippen molar-refractivity contribution in [1.29, 1.82) is 0 Å². The van der Waals surface area contributed by atoms with Gasteiger partial charge in [-0.3, -0.25) is 9.59 Å². The topological polar surface area (TPSA) is 101 Å². The van der Waals surface area contributed by atoms with Crippen LogP contribution in [0.5, 0.6) is 0 Å². The molecular formula is C14H17NO5S. The first-order chi connectivity index (χ1) is 9.79. The minimum Gasteiger partial charge on any atom is -0.481 e. The fraction of sp³-hybridized carbons (Fsp3) is 0.429. The third-order valence-electron chi connectivity index (χ3n) is 3.67. The molecule has 114 valence electrons. The van der Waals surface area contributed by atoms with Gasteiger partial charge in [-0.05, 0) is 38.3 Å². The zero-order valence-electron chi connectivity index (χ0n) is 11.6. The van der Waals surface area contributed by atoms with Crippen molar-refractivity contribution in [2.24, 2.45) is 5.92 Å². The van der Waals surface area contributed by atoms with E-state index in [2.05, 4.69) is 4.72 Å². The van der Waals surface area contributed by atoms with Crippen molar-refractivity contribution in [2.75, 3.05) is 0 Å². The van der Waals surface area contributed by atoms with E-state index in [0.29, 0.717) is 24.8 Å². The smallest absolute Gasteiger partial charge is 0.306 e. The normalized spacial score (nSPS) is 22.1. The Morgan fingerprint density at radius 3 is 2.29 bits per heavy atom. The molecule has 1 aliphatic rings. The molecule has 0 aromatic heterocycles. The first-order valence-electron chi connectivity index (χ1n) is 6.66. The van der Waals surface area contributed by atoms with Crippen LogP contribution in [0.1, 0.15) is 36.5 Å². The molecule has 2 atom stereocenters. The number of rotatable bonds is 5. The number of ketones is 1. The third-order valence-corrected chi connectivity index (χ3v) is 5.21. The van der Waals surface area contributed by atoms with E-state index < -0.39 is 21.9 Å². The van der Waals surface area contributed by atoms with Gasteiger partial charge in [0.25, 0.3) is 0 Å². The number of hydrogen-bond acceptors (Lipinski definition) is 4. The number of aliphatic carboxylic acids is 1. The summed E-state index contributed by atoms with van der Waals surface area (Å²) in [5, 5.41) is 8.92. The van der Waals surface area contributed by atoms with Gasteiger partial charge in [0.2, 0.25) is 10.0 Å². The zero-order chi connectivity index (χ0) is 15.6. The standard InChI is InChI=1S/C14H17NO5S/c1-9(16)10-3-6-13(7-4-10)21(19,20)15-12-5-2-11(8-12)14(17)18/h3-4,6-7,11-12,15H,2,5,8H2,1H3,(H,17,18). The van der Waals surface area contributed by atoms with Crippen LogP contribution in [0, 0.1) is 5.92 Å². The molecule has 1 aliphatic carbocycles. The van der Waals surface area contributed by atoms with Crippen molar-refractivity contribution in [1.82, 2.24) is 4.72 Å². The van der Waals surface area contributed by atoms with Gasteiger partial charge in [-0.1, -0.05) is 12.1 Å². The highest BCUT2D eigenvalue weighted by molar-refractivity contribution is 7.89. The highest BCUT2D eigenvalue weighted by atomic mass is 32.2. The van der Waals surface area contributed by atoms with Crippen LogP contribution in [0.2, 0.25) is 0 Å². The minimum absolute atomic E-state index is 0.0753. The molecule has 2 unspecified atom stereocenters. The molecule has 0 aliphatic heterocycles. The average molecular weight is 311 g/mol. The van der Waals surface area contributed by atoms with Gasteiger partial charge in [-0.25, -0.2) is 13.1 Å². The lowest BCUT2D eigenvalue weighted by atomic mass is 10.1. The average Bonchev–Trinajstić information content (AvgIpc) is 2.87. The number of carbonyl (C=O) groups is 2. The van der Waals surface area contributed by atoms with Gasteiger partial charge in [-0.15, -0.1) is 0 Å². The molecule has 1 saturated carbocycles. The van der Waals surface area contributed by atoms with Gasteiger partial charge >= 0.3 is 5.97 Å². The minimum atomic E-state index is -3.69. The maximum Gasteiger partial charge on any atom is 0.306 e. The summed E-state index contributed by atoms with van der Waals surface area (Å²) in [7, 11) is -3.69. The number of sulfonamides is 1. The Bertz CT molecular complexity index is 650. The van der Waals surface area contributed by atoms with E-state index in [-0.39, 0.29) is 16.7 Å². The molecule has 21 heavy (non-hydrogen) atoms. The maximum absolute atomic E-state index is 12.2. The van der Waals surface area contributed by atoms with Crippen LogP contribution in [0.3, 0.4) is 0 Å². The summed E-state index contributed by atoms with van der Waals surface area (Å²) < 4.78 is 26.9. The van der Waals surface area contributed by atoms with Crippen molar-refractivity contribution >= 4 is 21.8 Å². The van der Waals surface area contributed by atoms with Crippen molar-refractivity contribution in [3.8, 4) is 0 Å². The summed E-state index contributed by atoms with van der Waals surface area (Å²) in [5.41, 5.74) is 0.445. The maximum atomic E-state index is 12.2. The van der Waals surface area contributed by atoms with Gasteiger partial charge < -0.3 is 5.11 Å². The van der Waals surface area contributed by atoms with E-state index in [1.165, 1.54) is 31.2 Å². The molecule has 2 N–H and O–H groups in total. The molecule has 0 bridgehead atoms. The van der Waals surface area contributed by atoms with Crippen LogP contribution >= 0.6 is 0 Å². The Labute approximate surface area is 123 Å². The van der Waals surface area contributed by atoms with Gasteiger partial charge in [0.1, 0.15) is 0 Å². The monoisotopic (exact) mass is 311 g/mol. The summed E-state index contributed by atoms with van der Waals surface area (Å²) in [6.07, 6.45) is 1.30. The first-order valence-corrected chi connectivity index (χ1v) is 8.14. The van der Waals surface area contributed by atoms with Gasteiger partial charge in [0, 0.05) is 11.6 Å². The van der Waals surface area contributed by atoms with Gasteiger partial charge in [-0.2, -0.15) is 0 Å². The van der Waals surface area contributed by atoms with Crippen LogP contribution in [0.15, 0.2) is 29.2 Å². The number of Topliss-reactive ketones (excluding diaryl/α,β-unsaturated/α-hetero) is 1. The van der Waals surface area contributed by atoms with Crippen LogP contribution in [-0.4, -0.2) is 31.3 Å². The lowest BCUT2D eigenvalue weighted by molar-refractivity contribution is -0.141. The van der Waals surface area contributed by atoms with Crippen LogP contribution in [0.4, 0.5) is 0 Å². The Kier molecular flexibility index (Phi) is 4.43. The van der Waals surface area contributed by atoms with E-state index >= 15 is 0 Å². The second-order valence-electron chi connectivity index (χ2n) is 5.25. The quantitative estimate of drug-likeness (QED) is 0.801. The van der Waals surface area contributed by atoms with Crippen molar-refractivity contribution in [3.63, 3.8) is 0 Å². The van der Waals surface area contributed by atoms with E-state index in [1.54, 1.807) is 0 Å². The zero-order valence-corrected chi connectivity index (χ0v) is 12.4. The number of hydrogen-bond donors (Lipinski definition) is 2. The van der Waals surface area contributed by atoms with Crippen LogP contribution < -0.4 is 4.72 Å². The van der Waals surface area contributed by atoms with Crippen molar-refractivity contribution in [2.45, 2.75) is 37.1 Å². The third kappa shape index (κ3) is 3.68. The Morgan fingerprint density at radius 1 is 1.19 bits per heavy atom. The molecule has 1 aromatic carbocycles. The number of carboxylic acids is 1. The summed E-state index contributed by atoms with van der Waals surface area (Å²) in [6.45, 7) is 1.41. The van der Waals surface area contributed by atoms with Crippen molar-refractivity contribution in [3.05, 3.63) is 29.8 Å². The predicted octanol–water partition coefficient (Wildman–Crippen LogP) is 1.42. The van der Waals surface area contributed by atoms with E-state index in [0.717, 1.165) is 0 Å². The molecule has 0 spiro atoms. The Hall–Kier alpha value is -1.73. The number of nitrogens with one attached hydrogen (secondary N) is 1. The molecule has 1 aromatic rings. The molecule has 0 saturated heterocycles. The molecule has 1 fully saturated rings. The fourth-order valence-corrected chi connectivity index (χ4v) is 3.75. The highest BCUT2D eigenvalue weighted by Crippen LogP contribution is 2.27. The van der Waals surface area contributed by atoms with E-state index in [9.17, 15) is 18.0 Å². The lowest BCUT2D eigenvalue weighted by Crippen LogP contribution is -2.33. The van der Waals surface area contributed by atoms with E-state index in [4.69, 9.17) is 5.11 Å². The fourth-order valence-electron chi connectivity index (χ4n) is 2.47. The summed E-state index contributed by atoms with van der Waals surface area (Å²) in [5.74, 6) is -1.51. The molecule has 0 amide bonds. The summed E-state index contributed by atoms with van der Waals surface area (Å²) in [4.78, 5) is 22.1. The summed E-state index contributed by atoms with van der Waals surface area (Å²) >= 11 is 0. The van der Waals surface area contributed by atoms with E-state index in [1.807, 2.05) is 0 Å². The molecule has 6 nitrogen and oxygen atoms in total. The van der Waals surface area contributed by atoms with Crippen LogP contribution in [0.25, 0.3) is 0 Å². The Balaban J connectivity index is 2.08. The molecule has 0 radical (unpaired) electrons. The molecule has 2 rings (SSSR count). The second kappa shape index (κ2) is 5.95. The predicted molar refractivity (Wildman–Crippen MR) is 75.5 cm³/mol.